The molecule has 2 fully saturated rings. The summed E-state index contributed by atoms with van der Waals surface area (Å²) in [4.78, 5) is 46.1. The van der Waals surface area contributed by atoms with Crippen molar-refractivity contribution in [2.24, 2.45) is 4.99 Å². The number of alkyl halides is 1. The molecule has 53 heavy (non-hydrogen) atoms. The molecule has 2 saturated heterocycles. The highest BCUT2D eigenvalue weighted by atomic mass is 35.5. The number of amidine groups is 1. The maximum atomic E-state index is 15.3. The monoisotopic (exact) mass is 784 g/mol. The Morgan fingerprint density at radius 1 is 1.00 bits per heavy atom. The minimum absolute atomic E-state index is 0.00926. The first-order chi connectivity index (χ1) is 25.0. The number of ether oxygens (including phenoxy) is 1. The van der Waals surface area contributed by atoms with E-state index in [1.807, 2.05) is 64.1 Å². The third kappa shape index (κ3) is 7.74. The molecule has 4 heterocycles. The number of allylic oxidation sites excluding steroid dienone is 2. The van der Waals surface area contributed by atoms with Gasteiger partial charge in [0, 0.05) is 67.7 Å². The molecule has 1 aromatic carbocycles. The number of amides is 3. The van der Waals surface area contributed by atoms with Crippen molar-refractivity contribution in [3.05, 3.63) is 82.2 Å². The number of rotatable bonds is 7. The molecule has 3 amide bonds. The Labute approximate surface area is 323 Å². The first-order valence-corrected chi connectivity index (χ1v) is 20.9. The van der Waals surface area contributed by atoms with Gasteiger partial charge < -0.3 is 14.5 Å². The number of carbonyl (C=O) groups excluding carboxylic acids is 2. The number of pyridine rings is 1. The van der Waals surface area contributed by atoms with E-state index in [9.17, 15) is 13.2 Å². The Morgan fingerprint density at radius 3 is 2.25 bits per heavy atom. The van der Waals surface area contributed by atoms with Gasteiger partial charge in [0.1, 0.15) is 22.7 Å². The number of sulfone groups is 1. The molecule has 3 aliphatic heterocycles. The molecular weight excluding hydrogens is 735 g/mol. The summed E-state index contributed by atoms with van der Waals surface area (Å²) in [6.45, 7) is 15.1. The smallest absolute Gasteiger partial charge is 0.326 e. The minimum Gasteiger partial charge on any atom is -0.493 e. The molecule has 0 spiro atoms. The maximum absolute atomic E-state index is 15.3. The summed E-state index contributed by atoms with van der Waals surface area (Å²) < 4.78 is 30.1. The van der Waals surface area contributed by atoms with Crippen LogP contribution in [0.3, 0.4) is 0 Å². The van der Waals surface area contributed by atoms with Gasteiger partial charge in [-0.25, -0.2) is 13.2 Å². The standard InChI is InChI=1S/C39H50Cl2N6O5S/c1-7-52-32-24-33(37(2,3)4)42-25-31(32)35-43-38(5,27-8-12-29(40)13-9-27)39(6,28-10-14-30(41)15-11-28)47(35)36(49)46-18-16-44(17-19-46)26-34(48)45-20-22-53(50,51)23-21-45/h8-12,14-15,24-25,29H,7,13,16-23,26H2,1-6H3/t29?,38-,39+/m0/s1. The van der Waals surface area contributed by atoms with Crippen molar-refractivity contribution < 1.29 is 22.7 Å². The zero-order valence-corrected chi connectivity index (χ0v) is 33.8. The largest absolute Gasteiger partial charge is 0.493 e. The second kappa shape index (κ2) is 15.0. The molecule has 1 aliphatic carbocycles. The zero-order valence-electron chi connectivity index (χ0n) is 31.4. The van der Waals surface area contributed by atoms with E-state index in [1.165, 1.54) is 0 Å². The van der Waals surface area contributed by atoms with E-state index in [0.29, 0.717) is 61.4 Å². The number of carbonyl (C=O) groups is 2. The molecular formula is C39H50Cl2N6O5S. The Kier molecular flexibility index (Phi) is 11.1. The molecule has 1 aromatic heterocycles. The SMILES string of the molecule is CCOc1cc(C(C)(C)C)ncc1C1=N[C@@](C)(C2=CCC(Cl)C=C2)[C@@](C)(c2ccc(Cl)cc2)N1C(=O)N1CCN(CC(=O)N2CCS(=O)(=O)CC2)CC1. The van der Waals surface area contributed by atoms with Gasteiger partial charge in [-0.3, -0.25) is 24.6 Å². The predicted octanol–water partition coefficient (Wildman–Crippen LogP) is 5.66. The number of urea groups is 1. The predicted molar refractivity (Wildman–Crippen MR) is 210 cm³/mol. The van der Waals surface area contributed by atoms with Crippen LogP contribution in [0.2, 0.25) is 5.02 Å². The fourth-order valence-electron chi connectivity index (χ4n) is 7.53. The van der Waals surface area contributed by atoms with Crippen LogP contribution < -0.4 is 4.74 Å². The molecule has 6 rings (SSSR count). The normalized spacial score (nSPS) is 26.3. The molecule has 0 saturated carbocycles. The van der Waals surface area contributed by atoms with E-state index < -0.39 is 20.9 Å². The lowest BCUT2D eigenvalue weighted by atomic mass is 9.69. The average Bonchev–Trinajstić information content (AvgIpc) is 3.36. The molecule has 0 radical (unpaired) electrons. The third-order valence-corrected chi connectivity index (χ3v) is 13.2. The van der Waals surface area contributed by atoms with Crippen LogP contribution in [0.1, 0.15) is 64.8 Å². The highest BCUT2D eigenvalue weighted by Crippen LogP contribution is 2.53. The molecule has 11 nitrogen and oxygen atoms in total. The average molecular weight is 786 g/mol. The summed E-state index contributed by atoms with van der Waals surface area (Å²) in [7, 11) is -3.09. The van der Waals surface area contributed by atoms with Gasteiger partial charge in [-0.2, -0.15) is 0 Å². The fourth-order valence-corrected chi connectivity index (χ4v) is 9.02. The lowest BCUT2D eigenvalue weighted by Gasteiger charge is -2.48. The Hall–Kier alpha value is -3.45. The van der Waals surface area contributed by atoms with Crippen LogP contribution in [0.4, 0.5) is 4.79 Å². The Bertz CT molecular complexity index is 1920. The first-order valence-electron chi connectivity index (χ1n) is 18.3. The number of aliphatic imine (C=N–C) groups is 1. The third-order valence-electron chi connectivity index (χ3n) is 11.0. The summed E-state index contributed by atoms with van der Waals surface area (Å²) in [5, 5.41) is 0.437. The van der Waals surface area contributed by atoms with E-state index in [1.54, 1.807) is 11.1 Å². The second-order valence-corrected chi connectivity index (χ2v) is 18.8. The van der Waals surface area contributed by atoms with Gasteiger partial charge in [0.2, 0.25) is 5.91 Å². The Morgan fingerprint density at radius 2 is 1.66 bits per heavy atom. The topological polar surface area (TPSA) is 116 Å². The number of nitrogens with zero attached hydrogens (tertiary/aromatic N) is 6. The van der Waals surface area contributed by atoms with Gasteiger partial charge in [-0.1, -0.05) is 62.7 Å². The number of hydrogen-bond acceptors (Lipinski definition) is 8. The van der Waals surface area contributed by atoms with Gasteiger partial charge in [0.05, 0.1) is 35.6 Å². The summed E-state index contributed by atoms with van der Waals surface area (Å²) in [6.07, 6.45) is 8.49. The van der Waals surface area contributed by atoms with E-state index >= 15 is 4.79 Å². The highest BCUT2D eigenvalue weighted by molar-refractivity contribution is 7.91. The van der Waals surface area contributed by atoms with Crippen molar-refractivity contribution in [2.75, 3.05) is 63.9 Å². The van der Waals surface area contributed by atoms with E-state index in [0.717, 1.165) is 16.8 Å². The van der Waals surface area contributed by atoms with Crippen LogP contribution in [0.5, 0.6) is 5.75 Å². The van der Waals surface area contributed by atoms with Gasteiger partial charge in [0.25, 0.3) is 0 Å². The number of aromatic nitrogens is 1. The quantitative estimate of drug-likeness (QED) is 0.333. The van der Waals surface area contributed by atoms with Gasteiger partial charge in [0.15, 0.2) is 9.84 Å². The van der Waals surface area contributed by atoms with Crippen LogP contribution >= 0.6 is 23.2 Å². The molecule has 3 atom stereocenters. The number of halogens is 2. The van der Waals surface area contributed by atoms with Crippen molar-refractivity contribution in [1.29, 1.82) is 0 Å². The van der Waals surface area contributed by atoms with Gasteiger partial charge in [-0.05, 0) is 50.5 Å². The molecule has 0 N–H and O–H groups in total. The summed E-state index contributed by atoms with van der Waals surface area (Å²) in [6, 6.07) is 9.30. The molecule has 14 heteroatoms. The number of benzene rings is 1. The van der Waals surface area contributed by atoms with Crippen LogP contribution in [-0.4, -0.2) is 126 Å². The fraction of sp³-hybridized carbons (Fsp3) is 0.538. The molecule has 286 valence electrons. The van der Waals surface area contributed by atoms with Gasteiger partial charge >= 0.3 is 6.03 Å². The molecule has 0 bridgehead atoms. The van der Waals surface area contributed by atoms with Crippen LogP contribution in [0.25, 0.3) is 0 Å². The van der Waals surface area contributed by atoms with Crippen molar-refractivity contribution in [2.45, 2.75) is 69.8 Å². The van der Waals surface area contributed by atoms with Crippen molar-refractivity contribution in [1.82, 2.24) is 24.6 Å². The maximum Gasteiger partial charge on any atom is 0.326 e. The molecule has 2 aromatic rings. The zero-order chi connectivity index (χ0) is 38.3. The minimum atomic E-state index is -3.09. The van der Waals surface area contributed by atoms with Gasteiger partial charge in [-0.15, -0.1) is 11.6 Å². The molecule has 4 aliphatic rings. The highest BCUT2D eigenvalue weighted by Gasteiger charge is 2.61. The van der Waals surface area contributed by atoms with Crippen LogP contribution in [-0.2, 0) is 25.6 Å². The van der Waals surface area contributed by atoms with Crippen LogP contribution in [0, 0.1) is 0 Å². The summed E-state index contributed by atoms with van der Waals surface area (Å²) in [5.74, 6) is 0.929. The van der Waals surface area contributed by atoms with E-state index in [4.69, 9.17) is 37.9 Å². The number of piperazine rings is 1. The lowest BCUT2D eigenvalue weighted by Crippen LogP contribution is -2.62. The second-order valence-electron chi connectivity index (χ2n) is 15.5. The van der Waals surface area contributed by atoms with Crippen molar-refractivity contribution >= 4 is 50.8 Å². The van der Waals surface area contributed by atoms with E-state index in [-0.39, 0.29) is 53.9 Å². The van der Waals surface area contributed by atoms with Crippen molar-refractivity contribution in [3.8, 4) is 5.75 Å². The summed E-state index contributed by atoms with van der Waals surface area (Å²) >= 11 is 12.9. The number of hydrogen-bond donors (Lipinski definition) is 0. The first kappa shape index (κ1) is 39.2. The Balaban J connectivity index is 1.39. The lowest BCUT2D eigenvalue weighted by molar-refractivity contribution is -0.132. The molecule has 1 unspecified atom stereocenters. The van der Waals surface area contributed by atoms with Crippen molar-refractivity contribution in [3.63, 3.8) is 0 Å². The van der Waals surface area contributed by atoms with Crippen LogP contribution in [0.15, 0.2) is 65.3 Å². The summed E-state index contributed by atoms with van der Waals surface area (Å²) in [5.41, 5.74) is 0.989. The van der Waals surface area contributed by atoms with E-state index in [2.05, 4.69) is 40.7 Å².